The van der Waals surface area contributed by atoms with Gasteiger partial charge in [-0.15, -0.1) is 0 Å². The van der Waals surface area contributed by atoms with Crippen molar-refractivity contribution in [2.24, 2.45) is 0 Å². The van der Waals surface area contributed by atoms with Crippen molar-refractivity contribution in [1.82, 2.24) is 0 Å². The lowest BCUT2D eigenvalue weighted by Crippen LogP contribution is -2.30. The Morgan fingerprint density at radius 3 is 2.55 bits per heavy atom. The van der Waals surface area contributed by atoms with Gasteiger partial charge in [-0.1, -0.05) is 18.2 Å². The van der Waals surface area contributed by atoms with Gasteiger partial charge in [0.15, 0.2) is 23.6 Å². The molecule has 0 aliphatic heterocycles. The number of carbonyl (C=O) groups excluding carboxylic acids is 2. The zero-order chi connectivity index (χ0) is 21.1. The largest absolute Gasteiger partial charge is 0.449 e. The highest BCUT2D eigenvalue weighted by Gasteiger charge is 2.26. The molecule has 152 valence electrons. The van der Waals surface area contributed by atoms with Gasteiger partial charge in [0, 0.05) is 18.1 Å². The number of furan rings is 1. The minimum atomic E-state index is -1.72. The number of benzene rings is 2. The Morgan fingerprint density at radius 2 is 1.83 bits per heavy atom. The number of methoxy groups -OCH3 is 1. The maximum Gasteiger partial charge on any atom is 0.375 e. The van der Waals surface area contributed by atoms with E-state index in [2.05, 4.69) is 0 Å². The molecule has 3 rings (SSSR count). The predicted octanol–water partition coefficient (Wildman–Crippen LogP) is 4.18. The number of anilines is 1. The Balaban J connectivity index is 1.77. The fraction of sp³-hybridized carbons (Fsp3) is 0.200. The number of hydrogen-bond acceptors (Lipinski definition) is 5. The highest BCUT2D eigenvalue weighted by Crippen LogP contribution is 2.27. The van der Waals surface area contributed by atoms with Crippen molar-refractivity contribution in [1.29, 1.82) is 0 Å². The first-order valence-corrected chi connectivity index (χ1v) is 8.48. The van der Waals surface area contributed by atoms with Crippen LogP contribution in [0.25, 0.3) is 11.0 Å². The van der Waals surface area contributed by atoms with Crippen LogP contribution in [0.4, 0.5) is 18.9 Å². The van der Waals surface area contributed by atoms with Gasteiger partial charge in [-0.05, 0) is 25.1 Å². The zero-order valence-corrected chi connectivity index (χ0v) is 15.4. The number of esters is 1. The van der Waals surface area contributed by atoms with Crippen molar-refractivity contribution in [3.05, 3.63) is 65.2 Å². The summed E-state index contributed by atoms with van der Waals surface area (Å²) in [6.07, 6.45) is -1.38. The van der Waals surface area contributed by atoms with Crippen molar-refractivity contribution < 1.29 is 36.7 Å². The number of nitrogens with one attached hydrogen (secondary N) is 1. The van der Waals surface area contributed by atoms with E-state index in [0.29, 0.717) is 22.6 Å². The molecule has 0 radical (unpaired) electrons. The molecular weight excluding hydrogens is 391 g/mol. The van der Waals surface area contributed by atoms with Crippen molar-refractivity contribution in [2.45, 2.75) is 19.6 Å². The topological polar surface area (TPSA) is 77.8 Å². The third kappa shape index (κ3) is 4.09. The monoisotopic (exact) mass is 407 g/mol. The van der Waals surface area contributed by atoms with Crippen LogP contribution in [0.1, 0.15) is 23.0 Å². The van der Waals surface area contributed by atoms with E-state index in [1.807, 2.05) is 5.32 Å². The summed E-state index contributed by atoms with van der Waals surface area (Å²) in [5, 5.41) is 2.70. The van der Waals surface area contributed by atoms with Crippen molar-refractivity contribution in [3.8, 4) is 0 Å². The van der Waals surface area contributed by atoms with Gasteiger partial charge in [-0.25, -0.2) is 18.0 Å². The maximum atomic E-state index is 13.7. The third-order valence-corrected chi connectivity index (χ3v) is 4.12. The smallest absolute Gasteiger partial charge is 0.375 e. The number of halogens is 3. The lowest BCUT2D eigenvalue weighted by molar-refractivity contribution is -0.123. The Morgan fingerprint density at radius 1 is 1.10 bits per heavy atom. The summed E-state index contributed by atoms with van der Waals surface area (Å²) in [7, 11) is 1.45. The summed E-state index contributed by atoms with van der Waals surface area (Å²) in [5.74, 6) is -6.67. The van der Waals surface area contributed by atoms with E-state index < -0.39 is 41.1 Å². The molecule has 9 heteroatoms. The summed E-state index contributed by atoms with van der Waals surface area (Å²) in [6, 6.07) is 8.41. The van der Waals surface area contributed by atoms with Crippen molar-refractivity contribution in [3.63, 3.8) is 0 Å². The van der Waals surface area contributed by atoms with Crippen LogP contribution in [-0.2, 0) is 20.9 Å². The normalized spacial score (nSPS) is 12.0. The molecule has 1 N–H and O–H groups in total. The van der Waals surface area contributed by atoms with Crippen LogP contribution < -0.4 is 5.32 Å². The molecule has 6 nitrogen and oxygen atoms in total. The predicted molar refractivity (Wildman–Crippen MR) is 96.8 cm³/mol. The van der Waals surface area contributed by atoms with Crippen LogP contribution in [0.5, 0.6) is 0 Å². The van der Waals surface area contributed by atoms with Crippen LogP contribution in [0.15, 0.2) is 40.8 Å². The maximum absolute atomic E-state index is 13.7. The standard InChI is InChI=1S/C20H16F3NO5/c1-10(19(25)24-14-8-7-13(21)16(22)17(14)23)28-20(26)18-12(9-27-2)11-5-3-4-6-15(11)29-18/h3-8,10H,9H2,1-2H3,(H,24,25)/t10-/m0/s1. The molecule has 2 aromatic carbocycles. The number of para-hydroxylation sites is 1. The highest BCUT2D eigenvalue weighted by molar-refractivity contribution is 5.99. The van der Waals surface area contributed by atoms with Crippen LogP contribution in [0, 0.1) is 17.5 Å². The first-order chi connectivity index (χ1) is 13.8. The molecule has 0 aliphatic rings. The van der Waals surface area contributed by atoms with Gasteiger partial charge in [0.2, 0.25) is 5.76 Å². The highest BCUT2D eigenvalue weighted by atomic mass is 19.2. The molecule has 1 amide bonds. The Hall–Kier alpha value is -3.33. The number of amides is 1. The number of hydrogen-bond donors (Lipinski definition) is 1. The summed E-state index contributed by atoms with van der Waals surface area (Å²) in [6.45, 7) is 1.31. The summed E-state index contributed by atoms with van der Waals surface area (Å²) < 4.78 is 55.7. The molecule has 0 fully saturated rings. The molecule has 0 unspecified atom stereocenters. The van der Waals surface area contributed by atoms with Crippen LogP contribution in [0.3, 0.4) is 0 Å². The number of fused-ring (bicyclic) bond motifs is 1. The quantitative estimate of drug-likeness (QED) is 0.490. The van der Waals surface area contributed by atoms with Gasteiger partial charge in [0.1, 0.15) is 5.58 Å². The second-order valence-corrected chi connectivity index (χ2v) is 6.10. The molecule has 1 heterocycles. The second-order valence-electron chi connectivity index (χ2n) is 6.10. The fourth-order valence-corrected chi connectivity index (χ4v) is 2.68. The minimum Gasteiger partial charge on any atom is -0.449 e. The van der Waals surface area contributed by atoms with Gasteiger partial charge in [0.25, 0.3) is 5.91 Å². The van der Waals surface area contributed by atoms with Crippen molar-refractivity contribution >= 4 is 28.5 Å². The Kier molecular flexibility index (Phi) is 5.88. The van der Waals surface area contributed by atoms with Crippen LogP contribution in [-0.4, -0.2) is 25.1 Å². The number of rotatable bonds is 6. The SMILES string of the molecule is COCc1c(C(=O)O[C@@H](C)C(=O)Nc2ccc(F)c(F)c2F)oc2ccccc12. The van der Waals surface area contributed by atoms with E-state index in [9.17, 15) is 22.8 Å². The summed E-state index contributed by atoms with van der Waals surface area (Å²) in [4.78, 5) is 24.7. The average Bonchev–Trinajstić information content (AvgIpc) is 3.07. The van der Waals surface area contributed by atoms with Gasteiger partial charge in [0.05, 0.1) is 12.3 Å². The molecule has 29 heavy (non-hydrogen) atoms. The molecule has 3 aromatic rings. The molecule has 0 aliphatic carbocycles. The lowest BCUT2D eigenvalue weighted by atomic mass is 10.1. The van der Waals surface area contributed by atoms with E-state index in [1.165, 1.54) is 14.0 Å². The first-order valence-electron chi connectivity index (χ1n) is 8.48. The van der Waals surface area contributed by atoms with Gasteiger partial charge >= 0.3 is 5.97 Å². The molecule has 0 spiro atoms. The summed E-state index contributed by atoms with van der Waals surface area (Å²) >= 11 is 0. The summed E-state index contributed by atoms with van der Waals surface area (Å²) in [5.41, 5.74) is 0.306. The molecule has 0 saturated carbocycles. The van der Waals surface area contributed by atoms with Crippen LogP contribution in [0.2, 0.25) is 0 Å². The molecule has 0 saturated heterocycles. The van der Waals surface area contributed by atoms with E-state index in [1.54, 1.807) is 24.3 Å². The van der Waals surface area contributed by atoms with E-state index in [4.69, 9.17) is 13.9 Å². The average molecular weight is 407 g/mol. The Bertz CT molecular complexity index is 1080. The zero-order valence-electron chi connectivity index (χ0n) is 15.4. The van der Waals surface area contributed by atoms with E-state index in [-0.39, 0.29) is 12.4 Å². The lowest BCUT2D eigenvalue weighted by Gasteiger charge is -2.14. The molecular formula is C20H16F3NO5. The second kappa shape index (κ2) is 8.36. The molecule has 1 atom stereocenters. The van der Waals surface area contributed by atoms with Crippen LogP contribution >= 0.6 is 0 Å². The molecule has 0 bridgehead atoms. The molecule has 1 aromatic heterocycles. The first kappa shape index (κ1) is 20.4. The van der Waals surface area contributed by atoms with Gasteiger partial charge in [-0.2, -0.15) is 0 Å². The number of ether oxygens (including phenoxy) is 2. The third-order valence-electron chi connectivity index (χ3n) is 4.12. The minimum absolute atomic E-state index is 0.0715. The van der Waals surface area contributed by atoms with E-state index in [0.717, 1.165) is 6.07 Å². The van der Waals surface area contributed by atoms with Gasteiger partial charge < -0.3 is 19.2 Å². The van der Waals surface area contributed by atoms with E-state index >= 15 is 0 Å². The van der Waals surface area contributed by atoms with Gasteiger partial charge in [-0.3, -0.25) is 4.79 Å². The fourth-order valence-electron chi connectivity index (χ4n) is 2.68. The Labute approximate surface area is 163 Å². The number of carbonyl (C=O) groups is 2. The van der Waals surface area contributed by atoms with Crippen molar-refractivity contribution in [2.75, 3.05) is 12.4 Å².